The van der Waals surface area contributed by atoms with Crippen molar-refractivity contribution < 1.29 is 0 Å². The van der Waals surface area contributed by atoms with E-state index in [2.05, 4.69) is 14.9 Å². The number of nitrogens with two attached hydrogens (primary N) is 2. The van der Waals surface area contributed by atoms with Crippen LogP contribution in [0.5, 0.6) is 0 Å². The summed E-state index contributed by atoms with van der Waals surface area (Å²) in [5.41, 5.74) is 14.6. The summed E-state index contributed by atoms with van der Waals surface area (Å²) in [5, 5.41) is 16.3. The molecule has 0 amide bonds. The van der Waals surface area contributed by atoms with Crippen molar-refractivity contribution in [3.8, 4) is 0 Å². The number of pyridine rings is 2. The highest BCUT2D eigenvalue weighted by Crippen LogP contribution is 2.22. The fourth-order valence-corrected chi connectivity index (χ4v) is 3.47. The summed E-state index contributed by atoms with van der Waals surface area (Å²) in [5.74, 6) is 0.498. The first kappa shape index (κ1) is 20.6. The molecule has 0 aliphatic carbocycles. The first-order chi connectivity index (χ1) is 14.0. The predicted molar refractivity (Wildman–Crippen MR) is 119 cm³/mol. The fraction of sp³-hybridized carbons (Fsp3) is 0.381. The Hall–Kier alpha value is -3.13. The SMILES string of the molecule is CN=CC(C=N)c1cc(C(=N)c2cccc(N3CCCC(N)CC3)n2)c(N)cn1. The second kappa shape index (κ2) is 9.38. The zero-order valence-electron chi connectivity index (χ0n) is 16.7. The number of nitrogens with one attached hydrogen (secondary N) is 2. The minimum absolute atomic E-state index is 0.233. The maximum Gasteiger partial charge on any atom is 0.129 e. The average Bonchev–Trinajstić information content (AvgIpc) is 2.96. The van der Waals surface area contributed by atoms with Crippen molar-refractivity contribution in [2.24, 2.45) is 10.7 Å². The van der Waals surface area contributed by atoms with Crippen LogP contribution < -0.4 is 16.4 Å². The number of rotatable bonds is 6. The lowest BCUT2D eigenvalue weighted by Crippen LogP contribution is -2.27. The summed E-state index contributed by atoms with van der Waals surface area (Å²) in [6.07, 6.45) is 7.43. The zero-order valence-corrected chi connectivity index (χ0v) is 16.7. The Morgan fingerprint density at radius 3 is 2.93 bits per heavy atom. The van der Waals surface area contributed by atoms with Gasteiger partial charge in [-0.2, -0.15) is 0 Å². The molecule has 152 valence electrons. The van der Waals surface area contributed by atoms with E-state index in [1.165, 1.54) is 12.4 Å². The van der Waals surface area contributed by atoms with Gasteiger partial charge in [0.25, 0.3) is 0 Å². The molecule has 1 fully saturated rings. The highest BCUT2D eigenvalue weighted by molar-refractivity contribution is 6.13. The van der Waals surface area contributed by atoms with Crippen LogP contribution in [0.15, 0.2) is 35.5 Å². The third-order valence-corrected chi connectivity index (χ3v) is 5.14. The molecule has 2 aromatic heterocycles. The molecule has 2 unspecified atom stereocenters. The van der Waals surface area contributed by atoms with Gasteiger partial charge in [-0.15, -0.1) is 0 Å². The van der Waals surface area contributed by atoms with Gasteiger partial charge >= 0.3 is 0 Å². The van der Waals surface area contributed by atoms with E-state index < -0.39 is 0 Å². The summed E-state index contributed by atoms with van der Waals surface area (Å²) in [6.45, 7) is 1.78. The number of hydrogen-bond donors (Lipinski definition) is 4. The maximum absolute atomic E-state index is 8.69. The lowest BCUT2D eigenvalue weighted by molar-refractivity contribution is 0.601. The number of nitrogen functional groups attached to an aromatic ring is 1. The molecule has 2 atom stereocenters. The molecular formula is C21H28N8. The van der Waals surface area contributed by atoms with E-state index >= 15 is 0 Å². The Balaban J connectivity index is 1.90. The van der Waals surface area contributed by atoms with E-state index in [0.29, 0.717) is 22.6 Å². The second-order valence-electron chi connectivity index (χ2n) is 7.23. The van der Waals surface area contributed by atoms with E-state index in [1.807, 2.05) is 18.2 Å². The molecule has 3 rings (SSSR count). The number of aliphatic imine (C=N–C) groups is 1. The molecule has 8 nitrogen and oxygen atoms in total. The molecule has 6 N–H and O–H groups in total. The van der Waals surface area contributed by atoms with Crippen molar-refractivity contribution in [2.75, 3.05) is 30.8 Å². The van der Waals surface area contributed by atoms with E-state index in [1.54, 1.807) is 19.3 Å². The van der Waals surface area contributed by atoms with Gasteiger partial charge in [-0.05, 0) is 37.5 Å². The number of aromatic nitrogens is 2. The van der Waals surface area contributed by atoms with Gasteiger partial charge in [0, 0.05) is 44.2 Å². The van der Waals surface area contributed by atoms with Crippen molar-refractivity contribution in [1.29, 1.82) is 10.8 Å². The van der Waals surface area contributed by atoms with Crippen LogP contribution in [0.1, 0.15) is 42.1 Å². The van der Waals surface area contributed by atoms with Gasteiger partial charge in [0.15, 0.2) is 0 Å². The first-order valence-corrected chi connectivity index (χ1v) is 9.78. The summed E-state index contributed by atoms with van der Waals surface area (Å²) >= 11 is 0. The van der Waals surface area contributed by atoms with E-state index in [0.717, 1.165) is 38.2 Å². The molecular weight excluding hydrogens is 364 g/mol. The number of nitrogens with zero attached hydrogens (tertiary/aromatic N) is 4. The molecule has 0 radical (unpaired) electrons. The molecule has 1 aliphatic rings. The lowest BCUT2D eigenvalue weighted by Gasteiger charge is -2.22. The Labute approximate surface area is 171 Å². The average molecular weight is 393 g/mol. The molecule has 8 heteroatoms. The second-order valence-corrected chi connectivity index (χ2v) is 7.23. The van der Waals surface area contributed by atoms with Crippen molar-refractivity contribution in [1.82, 2.24) is 9.97 Å². The quantitative estimate of drug-likeness (QED) is 0.558. The standard InChI is InChI=1S/C21H28N8/c1-26-12-14(11-22)19-10-16(17(24)13-27-19)21(25)18-5-2-6-20(28-18)29-8-3-4-15(23)7-9-29/h2,5-6,10-15,22,25H,3-4,7-9,23-24H2,1H3. The Morgan fingerprint density at radius 2 is 2.17 bits per heavy atom. The van der Waals surface area contributed by atoms with E-state index in [9.17, 15) is 0 Å². The fourth-order valence-electron chi connectivity index (χ4n) is 3.47. The molecule has 0 aromatic carbocycles. The monoisotopic (exact) mass is 392 g/mol. The Morgan fingerprint density at radius 1 is 1.34 bits per heavy atom. The molecule has 1 saturated heterocycles. The van der Waals surface area contributed by atoms with Gasteiger partial charge in [-0.1, -0.05) is 6.07 Å². The first-order valence-electron chi connectivity index (χ1n) is 9.78. The zero-order chi connectivity index (χ0) is 20.8. The molecule has 3 heterocycles. The van der Waals surface area contributed by atoms with Crippen LogP contribution in [0, 0.1) is 10.8 Å². The smallest absolute Gasteiger partial charge is 0.129 e. The van der Waals surface area contributed by atoms with Crippen molar-refractivity contribution in [2.45, 2.75) is 31.2 Å². The lowest BCUT2D eigenvalue weighted by atomic mass is 10.0. The third-order valence-electron chi connectivity index (χ3n) is 5.14. The molecule has 0 saturated carbocycles. The van der Waals surface area contributed by atoms with Gasteiger partial charge < -0.3 is 21.8 Å². The van der Waals surface area contributed by atoms with Crippen LogP contribution in [0.4, 0.5) is 11.5 Å². The Kier molecular flexibility index (Phi) is 6.66. The number of anilines is 2. The van der Waals surface area contributed by atoms with Gasteiger partial charge in [-0.3, -0.25) is 15.4 Å². The minimum atomic E-state index is -0.354. The summed E-state index contributed by atoms with van der Waals surface area (Å²) in [6, 6.07) is 7.69. The molecule has 1 aliphatic heterocycles. The minimum Gasteiger partial charge on any atom is -0.397 e. The largest absolute Gasteiger partial charge is 0.397 e. The summed E-state index contributed by atoms with van der Waals surface area (Å²) in [4.78, 5) is 15.3. The van der Waals surface area contributed by atoms with Gasteiger partial charge in [0.1, 0.15) is 5.82 Å². The van der Waals surface area contributed by atoms with Crippen LogP contribution in [0.3, 0.4) is 0 Å². The predicted octanol–water partition coefficient (Wildman–Crippen LogP) is 2.23. The third kappa shape index (κ3) is 4.83. The van der Waals surface area contributed by atoms with Gasteiger partial charge in [0.2, 0.25) is 0 Å². The highest BCUT2D eigenvalue weighted by atomic mass is 15.2. The van der Waals surface area contributed by atoms with E-state index in [-0.39, 0.29) is 17.7 Å². The molecule has 2 aromatic rings. The van der Waals surface area contributed by atoms with E-state index in [4.69, 9.17) is 27.3 Å². The normalized spacial score (nSPS) is 18.4. The van der Waals surface area contributed by atoms with Gasteiger partial charge in [-0.25, -0.2) is 4.98 Å². The van der Waals surface area contributed by atoms with Crippen molar-refractivity contribution in [3.63, 3.8) is 0 Å². The van der Waals surface area contributed by atoms with Crippen LogP contribution in [0.25, 0.3) is 0 Å². The Bertz CT molecular complexity index is 907. The van der Waals surface area contributed by atoms with Crippen molar-refractivity contribution >= 4 is 29.6 Å². The van der Waals surface area contributed by atoms with Gasteiger partial charge in [0.05, 0.1) is 34.9 Å². The van der Waals surface area contributed by atoms with Crippen LogP contribution in [-0.2, 0) is 0 Å². The highest BCUT2D eigenvalue weighted by Gasteiger charge is 2.18. The summed E-state index contributed by atoms with van der Waals surface area (Å²) in [7, 11) is 1.65. The molecule has 29 heavy (non-hydrogen) atoms. The summed E-state index contributed by atoms with van der Waals surface area (Å²) < 4.78 is 0. The van der Waals surface area contributed by atoms with Crippen LogP contribution in [-0.4, -0.2) is 54.3 Å². The topological polar surface area (TPSA) is 141 Å². The van der Waals surface area contributed by atoms with Crippen LogP contribution >= 0.6 is 0 Å². The molecule has 0 bridgehead atoms. The van der Waals surface area contributed by atoms with Crippen molar-refractivity contribution in [3.05, 3.63) is 47.4 Å². The van der Waals surface area contributed by atoms with Crippen LogP contribution in [0.2, 0.25) is 0 Å². The number of hydrogen-bond acceptors (Lipinski definition) is 8. The molecule has 0 spiro atoms. The maximum atomic E-state index is 8.69.